The van der Waals surface area contributed by atoms with Crippen LogP contribution >= 0.6 is 0 Å². The summed E-state index contributed by atoms with van der Waals surface area (Å²) in [7, 11) is 0. The van der Waals surface area contributed by atoms with Gasteiger partial charge in [-0.3, -0.25) is 4.79 Å². The maximum Gasteiger partial charge on any atom is 0.309 e. The third-order valence-corrected chi connectivity index (χ3v) is 6.84. The number of carbonyl (C=O) groups excluding carboxylic acids is 1. The van der Waals surface area contributed by atoms with E-state index < -0.39 is 48.8 Å². The number of carbonyl (C=O) groups is 1. The van der Waals surface area contributed by atoms with Crippen LogP contribution in [0, 0.1) is 11.8 Å². The molecular formula is C25H34F2O7. The lowest BCUT2D eigenvalue weighted by molar-refractivity contribution is -0.147. The molecule has 0 unspecified atom stereocenters. The van der Waals surface area contributed by atoms with Crippen LogP contribution in [0.2, 0.25) is 0 Å². The number of halogens is 2. The molecule has 0 amide bonds. The fourth-order valence-corrected chi connectivity index (χ4v) is 5.11. The van der Waals surface area contributed by atoms with E-state index >= 15 is 0 Å². The summed E-state index contributed by atoms with van der Waals surface area (Å²) in [6.07, 6.45) is -1.98. The highest BCUT2D eigenvalue weighted by Crippen LogP contribution is 2.51. The quantitative estimate of drug-likeness (QED) is 0.347. The molecule has 0 spiro atoms. The van der Waals surface area contributed by atoms with Crippen LogP contribution in [0.15, 0.2) is 30.3 Å². The van der Waals surface area contributed by atoms with Crippen molar-refractivity contribution in [1.29, 1.82) is 0 Å². The molecule has 3 fully saturated rings. The number of benzene rings is 1. The minimum atomic E-state index is -3.22. The van der Waals surface area contributed by atoms with Crippen molar-refractivity contribution in [3.63, 3.8) is 0 Å². The Bertz CT molecular complexity index is 821. The summed E-state index contributed by atoms with van der Waals surface area (Å²) >= 11 is 0. The summed E-state index contributed by atoms with van der Waals surface area (Å²) < 4.78 is 50.8. The van der Waals surface area contributed by atoms with Gasteiger partial charge < -0.3 is 29.2 Å². The maximum atomic E-state index is 14.7. The zero-order chi connectivity index (χ0) is 24.5. The first-order chi connectivity index (χ1) is 16.2. The zero-order valence-corrected chi connectivity index (χ0v) is 19.5. The number of aliphatic hydroxyl groups is 2. The van der Waals surface area contributed by atoms with Crippen molar-refractivity contribution >= 4 is 5.97 Å². The second kappa shape index (κ2) is 10.4. The van der Waals surface area contributed by atoms with E-state index in [-0.39, 0.29) is 30.7 Å². The normalized spacial score (nSPS) is 34.8. The largest absolute Gasteiger partial charge is 0.487 e. The van der Waals surface area contributed by atoms with Crippen molar-refractivity contribution in [2.45, 2.75) is 94.6 Å². The number of aliphatic hydroxyl groups excluding tert-OH is 2. The molecule has 0 bridgehead atoms. The van der Waals surface area contributed by atoms with Gasteiger partial charge in [0.25, 0.3) is 0 Å². The van der Waals surface area contributed by atoms with Crippen LogP contribution < -0.4 is 4.74 Å². The molecule has 1 aromatic rings. The number of hydrogen-bond donors (Lipinski definition) is 2. The molecule has 0 aromatic heterocycles. The van der Waals surface area contributed by atoms with E-state index in [0.29, 0.717) is 31.4 Å². The first-order valence-electron chi connectivity index (χ1n) is 12.1. The fourth-order valence-electron chi connectivity index (χ4n) is 5.11. The van der Waals surface area contributed by atoms with Gasteiger partial charge in [0.05, 0.1) is 36.6 Å². The first-order valence-corrected chi connectivity index (χ1v) is 12.1. The summed E-state index contributed by atoms with van der Waals surface area (Å²) in [4.78, 5) is 11.7. The molecule has 2 saturated heterocycles. The minimum Gasteiger partial charge on any atom is -0.487 e. The fraction of sp³-hybridized carbons (Fsp3) is 0.720. The number of rotatable bonds is 12. The van der Waals surface area contributed by atoms with Crippen LogP contribution in [-0.4, -0.2) is 71.4 Å². The summed E-state index contributed by atoms with van der Waals surface area (Å²) in [5.74, 6) is -4.09. The molecule has 1 aliphatic carbocycles. The molecule has 1 aromatic carbocycles. The number of hydrogen-bond acceptors (Lipinski definition) is 7. The lowest BCUT2D eigenvalue weighted by Gasteiger charge is -2.22. The topological polar surface area (TPSA) is 101 Å². The smallest absolute Gasteiger partial charge is 0.309 e. The Balaban J connectivity index is 1.25. The third kappa shape index (κ3) is 6.24. The number of epoxide rings is 2. The monoisotopic (exact) mass is 484 g/mol. The van der Waals surface area contributed by atoms with Crippen molar-refractivity contribution in [2.24, 2.45) is 11.8 Å². The van der Waals surface area contributed by atoms with E-state index in [0.717, 1.165) is 0 Å². The zero-order valence-electron chi connectivity index (χ0n) is 19.5. The SMILES string of the molecule is CC(C)OC(=O)CCC[C@H]1O[C@H]1C[C@@H]1[C@@H]([C@H]2O[C@@H]2C(F)(F)COc2ccccc2)[C@H](O)C[C@@H]1O. The lowest BCUT2D eigenvalue weighted by atomic mass is 9.84. The van der Waals surface area contributed by atoms with Crippen LogP contribution in [0.1, 0.15) is 46.0 Å². The molecule has 8 atom stereocenters. The Morgan fingerprint density at radius 1 is 1.15 bits per heavy atom. The molecule has 4 rings (SSSR count). The number of esters is 1. The minimum absolute atomic E-state index is 0.0333. The van der Waals surface area contributed by atoms with Crippen LogP contribution in [0.4, 0.5) is 8.78 Å². The highest BCUT2D eigenvalue weighted by Gasteiger charge is 2.65. The maximum absolute atomic E-state index is 14.7. The lowest BCUT2D eigenvalue weighted by Crippen LogP contribution is -2.37. The molecule has 2 heterocycles. The molecule has 34 heavy (non-hydrogen) atoms. The highest BCUT2D eigenvalue weighted by atomic mass is 19.3. The van der Waals surface area contributed by atoms with Crippen molar-refractivity contribution < 1.29 is 42.7 Å². The van der Waals surface area contributed by atoms with Gasteiger partial charge in [0, 0.05) is 12.3 Å². The Morgan fingerprint density at radius 3 is 2.59 bits per heavy atom. The van der Waals surface area contributed by atoms with Gasteiger partial charge in [-0.15, -0.1) is 0 Å². The second-order valence-electron chi connectivity index (χ2n) is 9.88. The van der Waals surface area contributed by atoms with Gasteiger partial charge in [0.2, 0.25) is 0 Å². The van der Waals surface area contributed by atoms with Crippen LogP contribution in [0.5, 0.6) is 5.75 Å². The Morgan fingerprint density at radius 2 is 1.88 bits per heavy atom. The first kappa shape index (κ1) is 25.3. The summed E-state index contributed by atoms with van der Waals surface area (Å²) in [5, 5.41) is 21.0. The number of ether oxygens (including phenoxy) is 4. The molecule has 2 aliphatic heterocycles. The Hall–Kier alpha value is -1.81. The van der Waals surface area contributed by atoms with Crippen LogP contribution in [0.3, 0.4) is 0 Å². The van der Waals surface area contributed by atoms with Crippen LogP contribution in [-0.2, 0) is 19.0 Å². The van der Waals surface area contributed by atoms with Gasteiger partial charge in [0.15, 0.2) is 12.7 Å². The Labute approximate surface area is 198 Å². The van der Waals surface area contributed by atoms with Gasteiger partial charge in [-0.05, 0) is 57.6 Å². The molecular weight excluding hydrogens is 450 g/mol. The van der Waals surface area contributed by atoms with E-state index in [2.05, 4.69) is 0 Å². The van der Waals surface area contributed by atoms with Crippen molar-refractivity contribution in [3.8, 4) is 5.75 Å². The predicted molar refractivity (Wildman–Crippen MR) is 118 cm³/mol. The number of alkyl halides is 2. The molecule has 2 N–H and O–H groups in total. The van der Waals surface area contributed by atoms with Crippen molar-refractivity contribution in [2.75, 3.05) is 6.61 Å². The van der Waals surface area contributed by atoms with Gasteiger partial charge in [-0.25, -0.2) is 0 Å². The Kier molecular flexibility index (Phi) is 7.76. The predicted octanol–water partition coefficient (Wildman–Crippen LogP) is 3.11. The van der Waals surface area contributed by atoms with E-state index in [1.807, 2.05) is 0 Å². The molecule has 3 aliphatic rings. The molecule has 1 saturated carbocycles. The number of para-hydroxylation sites is 1. The van der Waals surface area contributed by atoms with Crippen LogP contribution in [0.25, 0.3) is 0 Å². The molecule has 190 valence electrons. The van der Waals surface area contributed by atoms with E-state index in [1.54, 1.807) is 44.2 Å². The van der Waals surface area contributed by atoms with Crippen molar-refractivity contribution in [1.82, 2.24) is 0 Å². The van der Waals surface area contributed by atoms with E-state index in [9.17, 15) is 23.8 Å². The molecule has 0 radical (unpaired) electrons. The summed E-state index contributed by atoms with van der Waals surface area (Å²) in [6, 6.07) is 8.39. The second-order valence-corrected chi connectivity index (χ2v) is 9.88. The summed E-state index contributed by atoms with van der Waals surface area (Å²) in [5.41, 5.74) is 0. The van der Waals surface area contributed by atoms with Crippen molar-refractivity contribution in [3.05, 3.63) is 30.3 Å². The van der Waals surface area contributed by atoms with Gasteiger partial charge >= 0.3 is 11.9 Å². The standard InChI is InChI=1S/C25H34F2O7/c1-14(2)32-21(30)10-6-9-19-20(33-19)11-16-17(28)12-18(29)22(16)23-24(34-23)25(26,27)13-31-15-7-4-3-5-8-15/h3-5,7-8,14,16-20,22-24,28-29H,6,9-13H2,1-2H3/t16-,17-,18+,19+,20-,22+,23+,24-/m0/s1. The van der Waals surface area contributed by atoms with Gasteiger partial charge in [0.1, 0.15) is 5.75 Å². The highest BCUT2D eigenvalue weighted by molar-refractivity contribution is 5.69. The molecule has 9 heteroatoms. The summed E-state index contributed by atoms with van der Waals surface area (Å²) in [6.45, 7) is 2.79. The van der Waals surface area contributed by atoms with E-state index in [1.165, 1.54) is 0 Å². The average molecular weight is 485 g/mol. The van der Waals surface area contributed by atoms with Gasteiger partial charge in [-0.2, -0.15) is 8.78 Å². The van der Waals surface area contributed by atoms with E-state index in [4.69, 9.17) is 18.9 Å². The van der Waals surface area contributed by atoms with Gasteiger partial charge in [-0.1, -0.05) is 18.2 Å². The third-order valence-electron chi connectivity index (χ3n) is 6.84. The molecule has 7 nitrogen and oxygen atoms in total. The average Bonchev–Trinajstić information content (AvgIpc) is 3.68.